The first-order valence-electron chi connectivity index (χ1n) is 6.60. The molecule has 4 heteroatoms. The summed E-state index contributed by atoms with van der Waals surface area (Å²) >= 11 is 0. The van der Waals surface area contributed by atoms with Gasteiger partial charge in [0.2, 0.25) is 0 Å². The molecule has 0 bridgehead atoms. The second kappa shape index (κ2) is 6.44. The van der Waals surface area contributed by atoms with E-state index in [9.17, 15) is 5.26 Å². The third-order valence-electron chi connectivity index (χ3n) is 3.59. The lowest BCUT2D eigenvalue weighted by Gasteiger charge is -2.34. The minimum atomic E-state index is 0.538. The molecule has 4 nitrogen and oxygen atoms in total. The van der Waals surface area contributed by atoms with Gasteiger partial charge in [0, 0.05) is 26.3 Å². The van der Waals surface area contributed by atoms with Crippen molar-refractivity contribution in [1.82, 2.24) is 0 Å². The molecule has 0 radical (unpaired) electrons. The molecule has 102 valence electrons. The number of hydrogen-bond donors (Lipinski definition) is 0. The van der Waals surface area contributed by atoms with Crippen molar-refractivity contribution in [3.05, 3.63) is 23.8 Å². The zero-order valence-electron chi connectivity index (χ0n) is 11.6. The van der Waals surface area contributed by atoms with Crippen LogP contribution in [0.15, 0.2) is 18.2 Å². The van der Waals surface area contributed by atoms with Crippen LogP contribution in [0.4, 0.5) is 5.69 Å². The SMILES string of the molecule is COCC1CCCN(c2cc(OC)ccc2C#N)C1. The number of ether oxygens (including phenoxy) is 2. The summed E-state index contributed by atoms with van der Waals surface area (Å²) in [4.78, 5) is 2.27. The van der Waals surface area contributed by atoms with Gasteiger partial charge in [0.15, 0.2) is 0 Å². The second-order valence-electron chi connectivity index (χ2n) is 4.90. The summed E-state index contributed by atoms with van der Waals surface area (Å²) in [6.45, 7) is 2.71. The highest BCUT2D eigenvalue weighted by atomic mass is 16.5. The summed E-state index contributed by atoms with van der Waals surface area (Å²) in [5.74, 6) is 1.33. The fourth-order valence-electron chi connectivity index (χ4n) is 2.65. The Morgan fingerprint density at radius 2 is 2.26 bits per heavy atom. The zero-order chi connectivity index (χ0) is 13.7. The van der Waals surface area contributed by atoms with Crippen LogP contribution >= 0.6 is 0 Å². The molecule has 0 spiro atoms. The molecule has 1 fully saturated rings. The van der Waals surface area contributed by atoms with Gasteiger partial charge < -0.3 is 14.4 Å². The van der Waals surface area contributed by atoms with E-state index in [0.717, 1.165) is 37.6 Å². The lowest BCUT2D eigenvalue weighted by molar-refractivity contribution is 0.143. The maximum absolute atomic E-state index is 9.24. The Bertz CT molecular complexity index is 466. The van der Waals surface area contributed by atoms with Gasteiger partial charge in [-0.05, 0) is 30.9 Å². The molecule has 1 aromatic rings. The van der Waals surface area contributed by atoms with Crippen molar-refractivity contribution in [2.24, 2.45) is 5.92 Å². The number of benzene rings is 1. The van der Waals surface area contributed by atoms with Gasteiger partial charge in [-0.3, -0.25) is 0 Å². The molecule has 1 heterocycles. The van der Waals surface area contributed by atoms with Crippen LogP contribution in [0.3, 0.4) is 0 Å². The average Bonchev–Trinajstić information content (AvgIpc) is 2.47. The summed E-state index contributed by atoms with van der Waals surface area (Å²) in [6, 6.07) is 7.87. The topological polar surface area (TPSA) is 45.5 Å². The molecular weight excluding hydrogens is 240 g/mol. The van der Waals surface area contributed by atoms with E-state index in [4.69, 9.17) is 9.47 Å². The van der Waals surface area contributed by atoms with Crippen molar-refractivity contribution in [2.45, 2.75) is 12.8 Å². The quantitative estimate of drug-likeness (QED) is 0.834. The Morgan fingerprint density at radius 1 is 1.42 bits per heavy atom. The second-order valence-corrected chi connectivity index (χ2v) is 4.90. The zero-order valence-corrected chi connectivity index (χ0v) is 11.6. The summed E-state index contributed by atoms with van der Waals surface area (Å²) in [6.07, 6.45) is 2.33. The van der Waals surface area contributed by atoms with Gasteiger partial charge in [-0.15, -0.1) is 0 Å². The first-order chi connectivity index (χ1) is 9.28. The van der Waals surface area contributed by atoms with Gasteiger partial charge in [-0.25, -0.2) is 0 Å². The van der Waals surface area contributed by atoms with E-state index in [1.54, 1.807) is 14.2 Å². The number of nitriles is 1. The molecule has 0 aliphatic carbocycles. The van der Waals surface area contributed by atoms with Crippen LogP contribution in [0.5, 0.6) is 5.75 Å². The minimum Gasteiger partial charge on any atom is -0.497 e. The Balaban J connectivity index is 2.22. The molecule has 1 atom stereocenters. The Morgan fingerprint density at radius 3 is 2.95 bits per heavy atom. The van der Waals surface area contributed by atoms with Gasteiger partial charge in [0.05, 0.1) is 25.0 Å². The van der Waals surface area contributed by atoms with Crippen molar-refractivity contribution < 1.29 is 9.47 Å². The predicted octanol–water partition coefficient (Wildman–Crippen LogP) is 2.43. The van der Waals surface area contributed by atoms with Crippen molar-refractivity contribution in [3.8, 4) is 11.8 Å². The van der Waals surface area contributed by atoms with E-state index in [-0.39, 0.29) is 0 Å². The van der Waals surface area contributed by atoms with Gasteiger partial charge in [-0.1, -0.05) is 0 Å². The van der Waals surface area contributed by atoms with Crippen molar-refractivity contribution in [2.75, 3.05) is 38.8 Å². The lowest BCUT2D eigenvalue weighted by Crippen LogP contribution is -2.37. The Kier molecular flexibility index (Phi) is 4.64. The van der Waals surface area contributed by atoms with Crippen LogP contribution < -0.4 is 9.64 Å². The number of methoxy groups -OCH3 is 2. The highest BCUT2D eigenvalue weighted by molar-refractivity contribution is 5.62. The van der Waals surface area contributed by atoms with Gasteiger partial charge >= 0.3 is 0 Å². The molecule has 0 amide bonds. The average molecular weight is 260 g/mol. The van der Waals surface area contributed by atoms with Gasteiger partial charge in [0.1, 0.15) is 11.8 Å². The normalized spacial score (nSPS) is 19.0. The maximum Gasteiger partial charge on any atom is 0.121 e. The van der Waals surface area contributed by atoms with Crippen LogP contribution in [0, 0.1) is 17.2 Å². The van der Waals surface area contributed by atoms with Crippen molar-refractivity contribution in [3.63, 3.8) is 0 Å². The third-order valence-corrected chi connectivity index (χ3v) is 3.59. The van der Waals surface area contributed by atoms with Crippen LogP contribution in [0.1, 0.15) is 18.4 Å². The fourth-order valence-corrected chi connectivity index (χ4v) is 2.65. The smallest absolute Gasteiger partial charge is 0.121 e. The molecule has 0 saturated carbocycles. The first kappa shape index (κ1) is 13.7. The van der Waals surface area contributed by atoms with E-state index in [2.05, 4.69) is 11.0 Å². The molecule has 1 aromatic carbocycles. The summed E-state index contributed by atoms with van der Waals surface area (Å²) in [5, 5.41) is 9.24. The molecular formula is C15H20N2O2. The maximum atomic E-state index is 9.24. The molecule has 2 rings (SSSR count). The lowest BCUT2D eigenvalue weighted by atomic mass is 9.97. The third kappa shape index (κ3) is 3.18. The number of piperidine rings is 1. The molecule has 1 unspecified atom stereocenters. The number of hydrogen-bond acceptors (Lipinski definition) is 4. The van der Waals surface area contributed by atoms with Crippen LogP contribution in [0.25, 0.3) is 0 Å². The number of rotatable bonds is 4. The Hall–Kier alpha value is -1.73. The fraction of sp³-hybridized carbons (Fsp3) is 0.533. The molecule has 0 aromatic heterocycles. The first-order valence-corrected chi connectivity index (χ1v) is 6.60. The summed E-state index contributed by atoms with van der Waals surface area (Å²) < 4.78 is 10.5. The van der Waals surface area contributed by atoms with E-state index in [1.165, 1.54) is 6.42 Å². The highest BCUT2D eigenvalue weighted by Crippen LogP contribution is 2.29. The molecule has 0 N–H and O–H groups in total. The summed E-state index contributed by atoms with van der Waals surface area (Å²) in [7, 11) is 3.39. The highest BCUT2D eigenvalue weighted by Gasteiger charge is 2.22. The van der Waals surface area contributed by atoms with Crippen molar-refractivity contribution >= 4 is 5.69 Å². The van der Waals surface area contributed by atoms with Crippen LogP contribution in [-0.2, 0) is 4.74 Å². The van der Waals surface area contributed by atoms with E-state index >= 15 is 0 Å². The standard InChI is InChI=1S/C15H20N2O2/c1-18-11-12-4-3-7-17(10-12)15-8-14(19-2)6-5-13(15)9-16/h5-6,8,12H,3-4,7,10-11H2,1-2H3. The predicted molar refractivity (Wildman–Crippen MR) is 74.5 cm³/mol. The molecule has 1 aliphatic heterocycles. The van der Waals surface area contributed by atoms with E-state index in [0.29, 0.717) is 11.5 Å². The van der Waals surface area contributed by atoms with Gasteiger partial charge in [0.25, 0.3) is 0 Å². The van der Waals surface area contributed by atoms with E-state index in [1.807, 2.05) is 18.2 Å². The molecule has 19 heavy (non-hydrogen) atoms. The number of nitrogens with zero attached hydrogens (tertiary/aromatic N) is 2. The Labute approximate surface area is 114 Å². The van der Waals surface area contributed by atoms with Crippen LogP contribution in [0.2, 0.25) is 0 Å². The van der Waals surface area contributed by atoms with E-state index < -0.39 is 0 Å². The summed E-state index contributed by atoms with van der Waals surface area (Å²) in [5.41, 5.74) is 1.68. The monoisotopic (exact) mass is 260 g/mol. The number of anilines is 1. The molecule has 1 saturated heterocycles. The van der Waals surface area contributed by atoms with Crippen LogP contribution in [-0.4, -0.2) is 33.9 Å². The minimum absolute atomic E-state index is 0.538. The van der Waals surface area contributed by atoms with Gasteiger partial charge in [-0.2, -0.15) is 5.26 Å². The van der Waals surface area contributed by atoms with Crippen molar-refractivity contribution in [1.29, 1.82) is 5.26 Å². The molecule has 1 aliphatic rings. The largest absolute Gasteiger partial charge is 0.497 e.